The number of halogens is 2. The first-order valence-corrected chi connectivity index (χ1v) is 6.32. The minimum absolute atomic E-state index is 0.315. The monoisotopic (exact) mass is 330 g/mol. The van der Waals surface area contributed by atoms with E-state index in [0.29, 0.717) is 5.33 Å². The molecule has 1 aliphatic heterocycles. The van der Waals surface area contributed by atoms with Gasteiger partial charge in [0.2, 0.25) is 4.51 Å². The molecule has 1 aliphatic rings. The summed E-state index contributed by atoms with van der Waals surface area (Å²) < 4.78 is 4.47. The van der Waals surface area contributed by atoms with Gasteiger partial charge in [-0.05, 0) is 21.5 Å². The Morgan fingerprint density at radius 1 is 1.27 bits per heavy atom. The number of rotatable bonds is 2. The van der Waals surface area contributed by atoms with E-state index < -0.39 is 4.51 Å². The molecule has 1 unspecified atom stereocenters. The molecule has 0 amide bonds. The molecular weight excluding hydrogens is 324 g/mol. The van der Waals surface area contributed by atoms with Crippen molar-refractivity contribution >= 4 is 43.4 Å². The van der Waals surface area contributed by atoms with Crippen LogP contribution in [0.25, 0.3) is 5.57 Å². The van der Waals surface area contributed by atoms with Crippen LogP contribution in [-0.4, -0.2) is 15.8 Å². The second-order valence-corrected chi connectivity index (χ2v) is 5.05. The van der Waals surface area contributed by atoms with Gasteiger partial charge in [-0.15, -0.1) is 0 Å². The summed E-state index contributed by atoms with van der Waals surface area (Å²) in [4.78, 5) is 11.3. The predicted molar refractivity (Wildman–Crippen MR) is 66.0 cm³/mol. The first-order chi connectivity index (χ1) is 7.15. The number of carbonyl (C=O) groups excluding carboxylic acids is 1. The Hall–Kier alpha value is -0.610. The maximum absolute atomic E-state index is 11.3. The van der Waals surface area contributed by atoms with Crippen molar-refractivity contribution in [3.8, 4) is 0 Å². The van der Waals surface area contributed by atoms with Gasteiger partial charge < -0.3 is 4.74 Å². The molecule has 1 heterocycles. The Morgan fingerprint density at radius 2 is 1.93 bits per heavy atom. The largest absolute Gasteiger partial charge is 0.439 e. The van der Waals surface area contributed by atoms with E-state index >= 15 is 0 Å². The standard InChI is InChI=1S/C11H8Br2O2/c12-7-11(13)9(6-10(14)15-11)8-4-2-1-3-5-8/h1-6H,7H2. The van der Waals surface area contributed by atoms with Crippen LogP contribution in [0, 0.1) is 0 Å². The summed E-state index contributed by atoms with van der Waals surface area (Å²) in [6, 6.07) is 9.70. The Balaban J connectivity index is 2.44. The van der Waals surface area contributed by atoms with E-state index in [2.05, 4.69) is 31.9 Å². The van der Waals surface area contributed by atoms with Crippen LogP contribution in [0.2, 0.25) is 0 Å². The van der Waals surface area contributed by atoms with Gasteiger partial charge in [-0.3, -0.25) is 0 Å². The quantitative estimate of drug-likeness (QED) is 0.615. The van der Waals surface area contributed by atoms with Crippen LogP contribution in [0.5, 0.6) is 0 Å². The third kappa shape index (κ3) is 2.01. The van der Waals surface area contributed by atoms with Gasteiger partial charge in [0.15, 0.2) is 0 Å². The van der Waals surface area contributed by atoms with Gasteiger partial charge in [-0.1, -0.05) is 46.3 Å². The SMILES string of the molecule is O=C1C=C(c2ccccc2)C(Br)(CBr)O1. The summed E-state index contributed by atoms with van der Waals surface area (Å²) in [6.45, 7) is 0. The third-order valence-corrected chi connectivity index (χ3v) is 4.59. The molecule has 0 fully saturated rings. The maximum atomic E-state index is 11.3. The highest BCUT2D eigenvalue weighted by Gasteiger charge is 2.40. The molecular formula is C11H8Br2O2. The van der Waals surface area contributed by atoms with E-state index in [0.717, 1.165) is 11.1 Å². The minimum atomic E-state index is -0.731. The molecule has 0 saturated carbocycles. The van der Waals surface area contributed by atoms with Crippen molar-refractivity contribution in [3.63, 3.8) is 0 Å². The minimum Gasteiger partial charge on any atom is -0.439 e. The molecule has 0 aliphatic carbocycles. The van der Waals surface area contributed by atoms with Gasteiger partial charge in [0.1, 0.15) is 0 Å². The number of esters is 1. The molecule has 2 nitrogen and oxygen atoms in total. The zero-order chi connectivity index (χ0) is 10.9. The number of hydrogen-bond donors (Lipinski definition) is 0. The topological polar surface area (TPSA) is 26.3 Å². The van der Waals surface area contributed by atoms with Crippen LogP contribution in [-0.2, 0) is 9.53 Å². The number of carbonyl (C=O) groups is 1. The van der Waals surface area contributed by atoms with Gasteiger partial charge in [-0.2, -0.15) is 0 Å². The molecule has 0 bridgehead atoms. The molecule has 4 heteroatoms. The lowest BCUT2D eigenvalue weighted by atomic mass is 10.0. The molecule has 78 valence electrons. The molecule has 15 heavy (non-hydrogen) atoms. The number of cyclic esters (lactones) is 1. The average Bonchev–Trinajstić information content (AvgIpc) is 2.56. The van der Waals surface area contributed by atoms with Crippen LogP contribution in [0.15, 0.2) is 36.4 Å². The lowest BCUT2D eigenvalue weighted by Crippen LogP contribution is -2.25. The molecule has 0 N–H and O–H groups in total. The Kier molecular flexibility index (Phi) is 2.98. The van der Waals surface area contributed by atoms with Gasteiger partial charge in [0, 0.05) is 11.6 Å². The number of alkyl halides is 2. The van der Waals surface area contributed by atoms with Crippen molar-refractivity contribution < 1.29 is 9.53 Å². The summed E-state index contributed by atoms with van der Waals surface area (Å²) in [5, 5.41) is 0.520. The molecule has 1 atom stereocenters. The summed E-state index contributed by atoms with van der Waals surface area (Å²) in [7, 11) is 0. The lowest BCUT2D eigenvalue weighted by Gasteiger charge is -2.22. The fourth-order valence-corrected chi connectivity index (χ4v) is 2.40. The molecule has 0 aromatic heterocycles. The highest BCUT2D eigenvalue weighted by atomic mass is 79.9. The Morgan fingerprint density at radius 3 is 2.53 bits per heavy atom. The number of hydrogen-bond acceptors (Lipinski definition) is 2. The smallest absolute Gasteiger partial charge is 0.332 e. The molecule has 1 aromatic carbocycles. The van der Waals surface area contributed by atoms with Crippen LogP contribution in [0.3, 0.4) is 0 Å². The summed E-state index contributed by atoms with van der Waals surface area (Å²) >= 11 is 6.76. The highest BCUT2D eigenvalue weighted by molar-refractivity contribution is 9.12. The van der Waals surface area contributed by atoms with Crippen LogP contribution < -0.4 is 0 Å². The Labute approximate surface area is 105 Å². The second kappa shape index (κ2) is 4.10. The first-order valence-electron chi connectivity index (χ1n) is 4.41. The zero-order valence-electron chi connectivity index (χ0n) is 7.74. The maximum Gasteiger partial charge on any atom is 0.332 e. The van der Waals surface area contributed by atoms with Gasteiger partial charge >= 0.3 is 5.97 Å². The fraction of sp³-hybridized carbons (Fsp3) is 0.182. The first kappa shape index (κ1) is 10.9. The molecule has 1 aromatic rings. The fourth-order valence-electron chi connectivity index (χ4n) is 1.49. The van der Waals surface area contributed by atoms with Gasteiger partial charge in [0.05, 0.1) is 5.33 Å². The summed E-state index contributed by atoms with van der Waals surface area (Å²) in [5.41, 5.74) is 1.84. The van der Waals surface area contributed by atoms with E-state index in [4.69, 9.17) is 4.74 Å². The highest BCUT2D eigenvalue weighted by Crippen LogP contribution is 2.41. The van der Waals surface area contributed by atoms with Gasteiger partial charge in [-0.25, -0.2) is 4.79 Å². The molecule has 0 saturated heterocycles. The zero-order valence-corrected chi connectivity index (χ0v) is 10.9. The normalized spacial score (nSPS) is 24.9. The van der Waals surface area contributed by atoms with Crippen LogP contribution in [0.4, 0.5) is 0 Å². The lowest BCUT2D eigenvalue weighted by molar-refractivity contribution is -0.138. The van der Waals surface area contributed by atoms with E-state index in [1.165, 1.54) is 6.08 Å². The van der Waals surface area contributed by atoms with Gasteiger partial charge in [0.25, 0.3) is 0 Å². The molecule has 2 rings (SSSR count). The van der Waals surface area contributed by atoms with E-state index in [-0.39, 0.29) is 5.97 Å². The summed E-state index contributed by atoms with van der Waals surface area (Å²) in [6.07, 6.45) is 1.52. The predicted octanol–water partition coefficient (Wildman–Crippen LogP) is 3.11. The number of ether oxygens (including phenoxy) is 1. The van der Waals surface area contributed by atoms with E-state index in [1.54, 1.807) is 0 Å². The summed E-state index contributed by atoms with van der Waals surface area (Å²) in [5.74, 6) is -0.315. The van der Waals surface area contributed by atoms with E-state index in [9.17, 15) is 4.79 Å². The number of benzene rings is 1. The molecule has 0 spiro atoms. The third-order valence-electron chi connectivity index (χ3n) is 2.18. The van der Waals surface area contributed by atoms with Crippen molar-refractivity contribution in [1.29, 1.82) is 0 Å². The van der Waals surface area contributed by atoms with Crippen molar-refractivity contribution in [2.24, 2.45) is 0 Å². The van der Waals surface area contributed by atoms with Crippen molar-refractivity contribution in [3.05, 3.63) is 42.0 Å². The molecule has 0 radical (unpaired) electrons. The average molecular weight is 332 g/mol. The van der Waals surface area contributed by atoms with Crippen LogP contribution >= 0.6 is 31.9 Å². The van der Waals surface area contributed by atoms with Crippen molar-refractivity contribution in [1.82, 2.24) is 0 Å². The Bertz CT molecular complexity index is 414. The van der Waals surface area contributed by atoms with Crippen LogP contribution in [0.1, 0.15) is 5.56 Å². The van der Waals surface area contributed by atoms with Crippen molar-refractivity contribution in [2.75, 3.05) is 5.33 Å². The second-order valence-electron chi connectivity index (χ2n) is 3.21. The van der Waals surface area contributed by atoms with E-state index in [1.807, 2.05) is 30.3 Å². The van der Waals surface area contributed by atoms with Crippen molar-refractivity contribution in [2.45, 2.75) is 4.51 Å².